The number of carbonyl (C=O) groups excluding carboxylic acids is 1. The monoisotopic (exact) mass is 366 g/mol. The summed E-state index contributed by atoms with van der Waals surface area (Å²) in [5, 5.41) is 2.97. The van der Waals surface area contributed by atoms with Gasteiger partial charge in [-0.1, -0.05) is 24.3 Å². The van der Waals surface area contributed by atoms with Gasteiger partial charge in [0.1, 0.15) is 0 Å². The van der Waals surface area contributed by atoms with E-state index in [4.69, 9.17) is 9.47 Å². The van der Waals surface area contributed by atoms with Gasteiger partial charge in [0.25, 0.3) is 5.91 Å². The number of carbonyl (C=O) groups is 1. The molecule has 142 valence electrons. The second kappa shape index (κ2) is 9.12. The number of para-hydroxylation sites is 2. The summed E-state index contributed by atoms with van der Waals surface area (Å²) < 4.78 is 11.1. The van der Waals surface area contributed by atoms with Crippen molar-refractivity contribution in [2.75, 3.05) is 37.0 Å². The fourth-order valence-electron chi connectivity index (χ4n) is 3.27. The van der Waals surface area contributed by atoms with Crippen LogP contribution in [0.3, 0.4) is 0 Å². The molecule has 2 aromatic carbocycles. The minimum atomic E-state index is -0.195. The van der Waals surface area contributed by atoms with Crippen LogP contribution >= 0.6 is 0 Å². The average Bonchev–Trinajstić information content (AvgIpc) is 3.22. The number of anilines is 2. The Morgan fingerprint density at radius 2 is 1.96 bits per heavy atom. The molecule has 0 aliphatic carbocycles. The van der Waals surface area contributed by atoms with Gasteiger partial charge in [-0.2, -0.15) is 0 Å². The molecule has 1 aliphatic heterocycles. The molecule has 3 rings (SSSR count). The van der Waals surface area contributed by atoms with Gasteiger partial charge in [-0.05, 0) is 49.1 Å². The average molecular weight is 366 g/mol. The Bertz CT molecular complexity index is 798. The highest BCUT2D eigenvalue weighted by molar-refractivity contribution is 5.95. The van der Waals surface area contributed by atoms with Crippen molar-refractivity contribution < 1.29 is 14.3 Å². The Hall–Kier alpha value is -2.95. The first-order chi connectivity index (χ1) is 13.2. The number of nitrogens with one attached hydrogen (secondary N) is 1. The first kappa shape index (κ1) is 18.8. The van der Waals surface area contributed by atoms with Crippen LogP contribution in [0.5, 0.6) is 11.5 Å². The van der Waals surface area contributed by atoms with Crippen LogP contribution in [-0.2, 0) is 11.2 Å². The lowest BCUT2D eigenvalue weighted by molar-refractivity contribution is -0.118. The number of hydrogen-bond donors (Lipinski definition) is 1. The van der Waals surface area contributed by atoms with Gasteiger partial charge in [-0.3, -0.25) is 4.79 Å². The summed E-state index contributed by atoms with van der Waals surface area (Å²) in [7, 11) is 1.59. The number of methoxy groups -OCH3 is 1. The van der Waals surface area contributed by atoms with E-state index >= 15 is 0 Å². The summed E-state index contributed by atoms with van der Waals surface area (Å²) in [6.45, 7) is 5.71. The van der Waals surface area contributed by atoms with E-state index < -0.39 is 0 Å². The maximum Gasteiger partial charge on any atom is 0.262 e. The van der Waals surface area contributed by atoms with Crippen molar-refractivity contribution in [2.45, 2.75) is 19.3 Å². The summed E-state index contributed by atoms with van der Waals surface area (Å²) in [5.41, 5.74) is 2.97. The van der Waals surface area contributed by atoms with E-state index in [0.29, 0.717) is 11.5 Å². The molecule has 0 saturated carbocycles. The molecule has 5 nitrogen and oxygen atoms in total. The first-order valence-electron chi connectivity index (χ1n) is 9.25. The molecule has 1 saturated heterocycles. The van der Waals surface area contributed by atoms with Crippen molar-refractivity contribution in [2.24, 2.45) is 0 Å². The highest BCUT2D eigenvalue weighted by Crippen LogP contribution is 2.30. The lowest BCUT2D eigenvalue weighted by Crippen LogP contribution is -2.24. The number of rotatable bonds is 8. The molecule has 2 aromatic rings. The van der Waals surface area contributed by atoms with Crippen molar-refractivity contribution >= 4 is 17.3 Å². The minimum Gasteiger partial charge on any atom is -0.493 e. The van der Waals surface area contributed by atoms with E-state index in [0.717, 1.165) is 36.4 Å². The molecule has 1 fully saturated rings. The zero-order valence-corrected chi connectivity index (χ0v) is 15.7. The summed E-state index contributed by atoms with van der Waals surface area (Å²) in [6.07, 6.45) is 4.96. The van der Waals surface area contributed by atoms with E-state index in [9.17, 15) is 4.79 Å². The maximum absolute atomic E-state index is 12.4. The van der Waals surface area contributed by atoms with Crippen LogP contribution in [0.25, 0.3) is 0 Å². The normalized spacial score (nSPS) is 13.3. The van der Waals surface area contributed by atoms with Gasteiger partial charge >= 0.3 is 0 Å². The Labute approximate surface area is 160 Å². The third kappa shape index (κ3) is 4.82. The van der Waals surface area contributed by atoms with Crippen LogP contribution in [0.4, 0.5) is 11.4 Å². The Morgan fingerprint density at radius 1 is 1.19 bits per heavy atom. The fraction of sp³-hybridized carbons (Fsp3) is 0.318. The van der Waals surface area contributed by atoms with Crippen LogP contribution in [0.1, 0.15) is 18.4 Å². The van der Waals surface area contributed by atoms with E-state index in [1.165, 1.54) is 12.8 Å². The summed E-state index contributed by atoms with van der Waals surface area (Å²) in [4.78, 5) is 14.7. The molecule has 27 heavy (non-hydrogen) atoms. The van der Waals surface area contributed by atoms with E-state index in [1.54, 1.807) is 7.11 Å². The quantitative estimate of drug-likeness (QED) is 0.717. The first-order valence-corrected chi connectivity index (χ1v) is 9.25. The molecule has 5 heteroatoms. The Kier molecular flexibility index (Phi) is 6.36. The summed E-state index contributed by atoms with van der Waals surface area (Å²) >= 11 is 0. The standard InChI is InChI=1S/C22H26N2O3/c1-3-8-17-11-12-20(21(15-17)26-2)27-16-22(25)23-18-9-4-5-10-19(18)24-13-6-7-14-24/h3-5,9-12,15H,1,6-8,13-14,16H2,2H3,(H,23,25). The number of nitrogens with zero attached hydrogens (tertiary/aromatic N) is 1. The second-order valence-corrected chi connectivity index (χ2v) is 6.53. The van der Waals surface area contributed by atoms with Gasteiger partial charge in [0.05, 0.1) is 18.5 Å². The zero-order valence-electron chi connectivity index (χ0n) is 15.7. The number of allylic oxidation sites excluding steroid dienone is 1. The van der Waals surface area contributed by atoms with Crippen LogP contribution in [0.2, 0.25) is 0 Å². The highest BCUT2D eigenvalue weighted by Gasteiger charge is 2.17. The lowest BCUT2D eigenvalue weighted by Gasteiger charge is -2.21. The third-order valence-corrected chi connectivity index (χ3v) is 4.59. The molecule has 0 atom stereocenters. The van der Waals surface area contributed by atoms with Crippen LogP contribution in [0.15, 0.2) is 55.1 Å². The van der Waals surface area contributed by atoms with Gasteiger partial charge in [0, 0.05) is 13.1 Å². The van der Waals surface area contributed by atoms with Gasteiger partial charge < -0.3 is 19.7 Å². The van der Waals surface area contributed by atoms with E-state index in [2.05, 4.69) is 16.8 Å². The lowest BCUT2D eigenvalue weighted by atomic mass is 10.1. The fourth-order valence-corrected chi connectivity index (χ4v) is 3.27. The van der Waals surface area contributed by atoms with E-state index in [-0.39, 0.29) is 12.5 Å². The number of ether oxygens (including phenoxy) is 2. The Morgan fingerprint density at radius 3 is 2.70 bits per heavy atom. The molecule has 0 spiro atoms. The number of hydrogen-bond acceptors (Lipinski definition) is 4. The molecule has 0 aromatic heterocycles. The van der Waals surface area contributed by atoms with Gasteiger partial charge in [-0.15, -0.1) is 6.58 Å². The van der Waals surface area contributed by atoms with Crippen LogP contribution in [-0.4, -0.2) is 32.7 Å². The highest BCUT2D eigenvalue weighted by atomic mass is 16.5. The SMILES string of the molecule is C=CCc1ccc(OCC(=O)Nc2ccccc2N2CCCC2)c(OC)c1. The largest absolute Gasteiger partial charge is 0.493 e. The number of amides is 1. The summed E-state index contributed by atoms with van der Waals surface area (Å²) in [6, 6.07) is 13.6. The topological polar surface area (TPSA) is 50.8 Å². The van der Waals surface area contributed by atoms with Crippen LogP contribution < -0.4 is 19.7 Å². The van der Waals surface area contributed by atoms with Gasteiger partial charge in [-0.25, -0.2) is 0 Å². The van der Waals surface area contributed by atoms with Crippen molar-refractivity contribution in [1.82, 2.24) is 0 Å². The molecule has 1 heterocycles. The molecule has 0 radical (unpaired) electrons. The van der Waals surface area contributed by atoms with Crippen molar-refractivity contribution in [3.63, 3.8) is 0 Å². The Balaban J connectivity index is 1.63. The predicted octanol–water partition coefficient (Wildman–Crippen LogP) is 4.04. The van der Waals surface area contributed by atoms with Crippen LogP contribution in [0, 0.1) is 0 Å². The molecule has 0 bridgehead atoms. The second-order valence-electron chi connectivity index (χ2n) is 6.53. The van der Waals surface area contributed by atoms with Crippen molar-refractivity contribution in [3.8, 4) is 11.5 Å². The molecule has 0 unspecified atom stereocenters. The molecular formula is C22H26N2O3. The minimum absolute atomic E-state index is 0.0779. The van der Waals surface area contributed by atoms with Gasteiger partial charge in [0.2, 0.25) is 0 Å². The van der Waals surface area contributed by atoms with E-state index in [1.807, 2.05) is 48.5 Å². The molecule has 1 aliphatic rings. The molecule has 1 N–H and O–H groups in total. The summed E-state index contributed by atoms with van der Waals surface area (Å²) in [5.74, 6) is 0.965. The number of benzene rings is 2. The third-order valence-electron chi connectivity index (χ3n) is 4.59. The van der Waals surface area contributed by atoms with Crippen molar-refractivity contribution in [1.29, 1.82) is 0 Å². The maximum atomic E-state index is 12.4. The van der Waals surface area contributed by atoms with Gasteiger partial charge in [0.15, 0.2) is 18.1 Å². The van der Waals surface area contributed by atoms with Crippen molar-refractivity contribution in [3.05, 3.63) is 60.7 Å². The molecular weight excluding hydrogens is 340 g/mol. The molecule has 1 amide bonds. The smallest absolute Gasteiger partial charge is 0.262 e. The predicted molar refractivity (Wildman–Crippen MR) is 109 cm³/mol. The zero-order chi connectivity index (χ0) is 19.1.